The van der Waals surface area contributed by atoms with Gasteiger partial charge in [-0.25, -0.2) is 4.79 Å². The number of nitro benzene ring substituents is 1. The summed E-state index contributed by atoms with van der Waals surface area (Å²) < 4.78 is 5.51. The van der Waals surface area contributed by atoms with Crippen molar-refractivity contribution in [2.24, 2.45) is 0 Å². The van der Waals surface area contributed by atoms with E-state index in [0.717, 1.165) is 6.07 Å². The molecule has 2 amide bonds. The van der Waals surface area contributed by atoms with Crippen molar-refractivity contribution >= 4 is 46.8 Å². The monoisotopic (exact) mass is 493 g/mol. The van der Waals surface area contributed by atoms with Gasteiger partial charge in [-0.3, -0.25) is 19.7 Å². The van der Waals surface area contributed by atoms with Crippen molar-refractivity contribution < 1.29 is 24.0 Å². The van der Waals surface area contributed by atoms with Crippen LogP contribution in [-0.4, -0.2) is 22.7 Å². The molecule has 3 aromatic carbocycles. The van der Waals surface area contributed by atoms with Crippen LogP contribution in [0.1, 0.15) is 24.2 Å². The number of nitrogens with one attached hydrogen (secondary N) is 2. The summed E-state index contributed by atoms with van der Waals surface area (Å²) in [4.78, 5) is 48.3. The molecule has 3 rings (SSSR count). The molecule has 0 saturated carbocycles. The van der Waals surface area contributed by atoms with Gasteiger partial charge in [-0.15, -0.1) is 0 Å². The number of nitro groups is 1. The number of ether oxygens (including phenoxy) is 1. The molecule has 0 saturated heterocycles. The van der Waals surface area contributed by atoms with E-state index in [0.29, 0.717) is 11.1 Å². The van der Waals surface area contributed by atoms with Gasteiger partial charge < -0.3 is 15.4 Å². The van der Waals surface area contributed by atoms with Crippen LogP contribution in [0, 0.1) is 10.1 Å². The van der Waals surface area contributed by atoms with Gasteiger partial charge in [0.15, 0.2) is 0 Å². The van der Waals surface area contributed by atoms with Gasteiger partial charge in [-0.2, -0.15) is 0 Å². The van der Waals surface area contributed by atoms with Gasteiger partial charge in [0.05, 0.1) is 4.92 Å². The van der Waals surface area contributed by atoms with E-state index in [1.807, 2.05) is 0 Å². The Kier molecular flexibility index (Phi) is 8.31. The maximum atomic E-state index is 13.1. The van der Waals surface area contributed by atoms with Crippen molar-refractivity contribution in [2.45, 2.75) is 13.0 Å². The highest BCUT2D eigenvalue weighted by molar-refractivity contribution is 6.32. The molecule has 0 spiro atoms. The van der Waals surface area contributed by atoms with Crippen molar-refractivity contribution in [3.8, 4) is 0 Å². The number of carbonyl (C=O) groups is 3. The van der Waals surface area contributed by atoms with Crippen LogP contribution in [0.4, 0.5) is 11.4 Å². The lowest BCUT2D eigenvalue weighted by molar-refractivity contribution is -0.384. The summed E-state index contributed by atoms with van der Waals surface area (Å²) in [6, 6.07) is 20.7. The number of amides is 2. The summed E-state index contributed by atoms with van der Waals surface area (Å²) in [5, 5.41) is 16.0. The van der Waals surface area contributed by atoms with E-state index in [9.17, 15) is 24.5 Å². The Labute approximate surface area is 205 Å². The first-order valence-corrected chi connectivity index (χ1v) is 10.7. The second-order valence-electron chi connectivity index (χ2n) is 7.26. The van der Waals surface area contributed by atoms with Crippen molar-refractivity contribution in [3.63, 3.8) is 0 Å². The number of esters is 1. The van der Waals surface area contributed by atoms with Gasteiger partial charge in [0.25, 0.3) is 11.6 Å². The Morgan fingerprint density at radius 3 is 2.23 bits per heavy atom. The average Bonchev–Trinajstić information content (AvgIpc) is 2.83. The predicted octanol–water partition coefficient (Wildman–Crippen LogP) is 4.65. The molecule has 0 bridgehead atoms. The van der Waals surface area contributed by atoms with Crippen LogP contribution in [-0.2, 0) is 19.1 Å². The van der Waals surface area contributed by atoms with Crippen LogP contribution < -0.4 is 10.6 Å². The summed E-state index contributed by atoms with van der Waals surface area (Å²) in [6.07, 6.45) is -0.00180. The molecule has 10 heteroatoms. The molecule has 9 nitrogen and oxygen atoms in total. The van der Waals surface area contributed by atoms with Crippen LogP contribution in [0.15, 0.2) is 84.6 Å². The fourth-order valence-corrected chi connectivity index (χ4v) is 3.25. The Bertz CT molecular complexity index is 1280. The van der Waals surface area contributed by atoms with Crippen molar-refractivity contribution in [2.75, 3.05) is 5.32 Å². The van der Waals surface area contributed by atoms with Crippen LogP contribution in [0.5, 0.6) is 0 Å². The Hall–Kier alpha value is -4.50. The zero-order chi connectivity index (χ0) is 25.4. The number of benzene rings is 3. The van der Waals surface area contributed by atoms with Crippen LogP contribution >= 0.6 is 11.6 Å². The van der Waals surface area contributed by atoms with E-state index < -0.39 is 34.5 Å². The number of carbonyl (C=O) groups excluding carboxylic acids is 3. The Morgan fingerprint density at radius 1 is 1.00 bits per heavy atom. The van der Waals surface area contributed by atoms with Gasteiger partial charge in [-0.05, 0) is 23.8 Å². The minimum absolute atomic E-state index is 0.0880. The molecule has 1 unspecified atom stereocenters. The third-order valence-electron chi connectivity index (χ3n) is 4.62. The van der Waals surface area contributed by atoms with Gasteiger partial charge in [-0.1, -0.05) is 72.3 Å². The molecule has 2 N–H and O–H groups in total. The van der Waals surface area contributed by atoms with Crippen LogP contribution in [0.3, 0.4) is 0 Å². The zero-order valence-corrected chi connectivity index (χ0v) is 19.2. The topological polar surface area (TPSA) is 128 Å². The van der Waals surface area contributed by atoms with Crippen LogP contribution in [0.25, 0.3) is 6.08 Å². The normalized spacial score (nSPS) is 11.8. The first-order valence-electron chi connectivity index (χ1n) is 10.3. The van der Waals surface area contributed by atoms with Crippen molar-refractivity contribution in [1.29, 1.82) is 0 Å². The van der Waals surface area contributed by atoms with E-state index in [2.05, 4.69) is 10.6 Å². The fourth-order valence-electron chi connectivity index (χ4n) is 3.06. The molecule has 0 radical (unpaired) electrons. The maximum absolute atomic E-state index is 13.1. The lowest BCUT2D eigenvalue weighted by Gasteiger charge is -2.19. The van der Waals surface area contributed by atoms with Crippen molar-refractivity contribution in [3.05, 3.63) is 111 Å². The SMILES string of the molecule is CC(=O)N/C(=C\c1ccccc1)C(=O)OC(C(=O)Nc1ccc(Cl)c([N+](=O)[O-])c1)c1ccccc1. The molecular weight excluding hydrogens is 474 g/mol. The molecule has 0 aliphatic rings. The quantitative estimate of drug-likeness (QED) is 0.203. The second-order valence-corrected chi connectivity index (χ2v) is 7.67. The average molecular weight is 494 g/mol. The lowest BCUT2D eigenvalue weighted by atomic mass is 10.1. The number of hydrogen-bond acceptors (Lipinski definition) is 6. The number of anilines is 1. The molecule has 0 aliphatic heterocycles. The highest BCUT2D eigenvalue weighted by atomic mass is 35.5. The van der Waals surface area contributed by atoms with Crippen molar-refractivity contribution in [1.82, 2.24) is 5.32 Å². The number of rotatable bonds is 8. The molecular formula is C25H20ClN3O6. The summed E-state index contributed by atoms with van der Waals surface area (Å²) in [6.45, 7) is 1.24. The van der Waals surface area contributed by atoms with E-state index in [1.165, 1.54) is 25.1 Å². The zero-order valence-electron chi connectivity index (χ0n) is 18.4. The minimum atomic E-state index is -1.42. The fraction of sp³-hybridized carbons (Fsp3) is 0.0800. The highest BCUT2D eigenvalue weighted by Crippen LogP contribution is 2.28. The largest absolute Gasteiger partial charge is 0.443 e. The number of nitrogens with zero attached hydrogens (tertiary/aromatic N) is 1. The Morgan fingerprint density at radius 2 is 1.63 bits per heavy atom. The summed E-state index contributed by atoms with van der Waals surface area (Å²) in [7, 11) is 0. The minimum Gasteiger partial charge on any atom is -0.443 e. The molecule has 178 valence electrons. The third kappa shape index (κ3) is 6.99. The molecule has 0 aromatic heterocycles. The standard InChI is InChI=1S/C25H20ClN3O6/c1-16(30)27-21(14-17-8-4-2-5-9-17)25(32)35-23(18-10-6-3-7-11-18)24(31)28-19-12-13-20(26)22(15-19)29(33)34/h2-15,23H,1H3,(H,27,30)(H,28,31)/b21-14-. The van der Waals surface area contributed by atoms with Gasteiger partial charge in [0, 0.05) is 24.2 Å². The van der Waals surface area contributed by atoms with Gasteiger partial charge in [0.2, 0.25) is 12.0 Å². The first kappa shape index (κ1) is 25.1. The van der Waals surface area contributed by atoms with E-state index in [-0.39, 0.29) is 16.4 Å². The highest BCUT2D eigenvalue weighted by Gasteiger charge is 2.28. The number of hydrogen-bond donors (Lipinski definition) is 2. The molecule has 1 atom stereocenters. The van der Waals surface area contributed by atoms with E-state index >= 15 is 0 Å². The second kappa shape index (κ2) is 11.6. The lowest BCUT2D eigenvalue weighted by Crippen LogP contribution is -2.31. The number of halogens is 1. The van der Waals surface area contributed by atoms with Crippen LogP contribution in [0.2, 0.25) is 5.02 Å². The first-order chi connectivity index (χ1) is 16.7. The smallest absolute Gasteiger partial charge is 0.355 e. The van der Waals surface area contributed by atoms with Gasteiger partial charge in [0.1, 0.15) is 10.7 Å². The summed E-state index contributed by atoms with van der Waals surface area (Å²) in [5.41, 5.74) is 0.507. The Balaban J connectivity index is 1.91. The molecule has 0 aliphatic carbocycles. The van der Waals surface area contributed by atoms with E-state index in [4.69, 9.17) is 16.3 Å². The molecule has 0 heterocycles. The van der Waals surface area contributed by atoms with Gasteiger partial charge >= 0.3 is 5.97 Å². The summed E-state index contributed by atoms with van der Waals surface area (Å²) >= 11 is 5.83. The molecule has 3 aromatic rings. The third-order valence-corrected chi connectivity index (χ3v) is 4.94. The predicted molar refractivity (Wildman–Crippen MR) is 130 cm³/mol. The molecule has 35 heavy (non-hydrogen) atoms. The van der Waals surface area contributed by atoms with E-state index in [1.54, 1.807) is 60.7 Å². The maximum Gasteiger partial charge on any atom is 0.355 e. The molecule has 0 fully saturated rings. The summed E-state index contributed by atoms with van der Waals surface area (Å²) in [5.74, 6) is -2.21.